The summed E-state index contributed by atoms with van der Waals surface area (Å²) in [7, 11) is 0. The number of fused-ring (bicyclic) bond motifs is 4. The molecule has 4 fully saturated rings. The van der Waals surface area contributed by atoms with Gasteiger partial charge in [-0.1, -0.05) is 6.42 Å². The Hall–Kier alpha value is -1.85. The molecule has 1 saturated carbocycles. The molecular weight excluding hydrogens is 328 g/mol. The normalized spacial score (nSPS) is 26.2. The van der Waals surface area contributed by atoms with Gasteiger partial charge in [-0.3, -0.25) is 14.7 Å². The van der Waals surface area contributed by atoms with Crippen LogP contribution in [0.1, 0.15) is 55.5 Å². The Kier molecular flexibility index (Phi) is 4.76. The molecule has 1 aliphatic carbocycles. The maximum Gasteiger partial charge on any atom is 0.227 e. The lowest BCUT2D eigenvalue weighted by Crippen LogP contribution is -2.50. The van der Waals surface area contributed by atoms with Gasteiger partial charge in [0.2, 0.25) is 11.8 Å². The van der Waals surface area contributed by atoms with Crippen molar-refractivity contribution >= 4 is 11.8 Å². The van der Waals surface area contributed by atoms with Crippen LogP contribution in [0, 0.1) is 25.7 Å². The summed E-state index contributed by atoms with van der Waals surface area (Å²) in [5.41, 5.74) is 3.18. The Labute approximate surface area is 155 Å². The number of hydrogen-bond donors (Lipinski definition) is 1. The van der Waals surface area contributed by atoms with Gasteiger partial charge in [-0.05, 0) is 57.4 Å². The van der Waals surface area contributed by atoms with Crippen LogP contribution < -0.4 is 0 Å². The fourth-order valence-electron chi connectivity index (χ4n) is 4.77. The standard InChI is InChI=1S/C20H30N4O2/c1-13-18(14(2)22-21-13)8-9-19(25)23-11-16-6-7-17(12-23)24(20(16)26)10-15-4-3-5-15/h15-17H,3-12H2,1-2H3,(H,21,22)/t16-,17+/m0/s1. The zero-order chi connectivity index (χ0) is 18.3. The Morgan fingerprint density at radius 1 is 1.19 bits per heavy atom. The smallest absolute Gasteiger partial charge is 0.227 e. The third kappa shape index (κ3) is 3.26. The molecule has 0 radical (unpaired) electrons. The maximum absolute atomic E-state index is 12.9. The molecule has 4 aliphatic rings. The van der Waals surface area contributed by atoms with E-state index in [9.17, 15) is 9.59 Å². The predicted octanol–water partition coefficient (Wildman–Crippen LogP) is 2.21. The zero-order valence-corrected chi connectivity index (χ0v) is 16.0. The number of carbonyl (C=O) groups is 2. The molecule has 1 aromatic rings. The topological polar surface area (TPSA) is 69.3 Å². The molecule has 6 heteroatoms. The number of hydrogen-bond acceptors (Lipinski definition) is 3. The number of H-pyrrole nitrogens is 1. The van der Waals surface area contributed by atoms with E-state index in [0.29, 0.717) is 24.8 Å². The summed E-state index contributed by atoms with van der Waals surface area (Å²) in [6.07, 6.45) is 7.02. The van der Waals surface area contributed by atoms with Crippen LogP contribution in [0.2, 0.25) is 0 Å². The third-order valence-corrected chi connectivity index (χ3v) is 6.70. The molecule has 2 amide bonds. The van der Waals surface area contributed by atoms with Crippen LogP contribution in [0.15, 0.2) is 0 Å². The van der Waals surface area contributed by atoms with Crippen molar-refractivity contribution in [2.24, 2.45) is 11.8 Å². The highest BCUT2D eigenvalue weighted by Crippen LogP contribution is 2.34. The minimum Gasteiger partial charge on any atom is -0.340 e. The number of rotatable bonds is 5. The van der Waals surface area contributed by atoms with Gasteiger partial charge in [-0.2, -0.15) is 5.10 Å². The first-order chi connectivity index (χ1) is 12.5. The van der Waals surface area contributed by atoms with Crippen molar-refractivity contribution in [1.29, 1.82) is 0 Å². The highest BCUT2D eigenvalue weighted by Gasteiger charge is 2.42. The molecule has 1 N–H and O–H groups in total. The summed E-state index contributed by atoms with van der Waals surface area (Å²) in [6, 6.07) is 0.225. The monoisotopic (exact) mass is 358 g/mol. The van der Waals surface area contributed by atoms with Crippen molar-refractivity contribution in [3.63, 3.8) is 0 Å². The summed E-state index contributed by atoms with van der Waals surface area (Å²) in [5, 5.41) is 7.20. The van der Waals surface area contributed by atoms with E-state index in [2.05, 4.69) is 15.1 Å². The Morgan fingerprint density at radius 2 is 2.00 bits per heavy atom. The van der Waals surface area contributed by atoms with E-state index < -0.39 is 0 Å². The molecule has 142 valence electrons. The van der Waals surface area contributed by atoms with E-state index in [4.69, 9.17) is 0 Å². The highest BCUT2D eigenvalue weighted by molar-refractivity contribution is 5.83. The van der Waals surface area contributed by atoms with Crippen molar-refractivity contribution in [3.05, 3.63) is 17.0 Å². The van der Waals surface area contributed by atoms with Gasteiger partial charge in [-0.25, -0.2) is 0 Å². The second kappa shape index (κ2) is 7.05. The number of carbonyl (C=O) groups excluding carboxylic acids is 2. The van der Waals surface area contributed by atoms with Crippen LogP contribution in [0.5, 0.6) is 0 Å². The number of amides is 2. The molecule has 0 aromatic carbocycles. The van der Waals surface area contributed by atoms with Crippen LogP contribution in [0.4, 0.5) is 0 Å². The van der Waals surface area contributed by atoms with Crippen LogP contribution in [-0.2, 0) is 16.0 Å². The summed E-state index contributed by atoms with van der Waals surface area (Å²) in [4.78, 5) is 29.8. The average molecular weight is 358 g/mol. The van der Waals surface area contributed by atoms with Crippen molar-refractivity contribution < 1.29 is 9.59 Å². The Bertz CT molecular complexity index is 674. The molecule has 1 aromatic heterocycles. The van der Waals surface area contributed by atoms with E-state index in [-0.39, 0.29) is 17.9 Å². The lowest BCUT2D eigenvalue weighted by atomic mass is 9.83. The fourth-order valence-corrected chi connectivity index (χ4v) is 4.77. The molecule has 2 bridgehead atoms. The molecule has 2 atom stereocenters. The summed E-state index contributed by atoms with van der Waals surface area (Å²) >= 11 is 0. The highest BCUT2D eigenvalue weighted by atomic mass is 16.2. The number of piperidine rings is 1. The largest absolute Gasteiger partial charge is 0.340 e. The molecule has 3 saturated heterocycles. The molecular formula is C20H30N4O2. The SMILES string of the molecule is Cc1n[nH]c(C)c1CCC(=O)N1C[C@@H]2CC[C@H](C1)N(CC1CCC1)C2=O. The number of nitrogens with one attached hydrogen (secondary N) is 1. The fraction of sp³-hybridized carbons (Fsp3) is 0.750. The van der Waals surface area contributed by atoms with Gasteiger partial charge in [-0.15, -0.1) is 0 Å². The summed E-state index contributed by atoms with van der Waals surface area (Å²) in [6.45, 7) is 6.22. The van der Waals surface area contributed by atoms with Crippen LogP contribution >= 0.6 is 0 Å². The van der Waals surface area contributed by atoms with Crippen LogP contribution in [0.25, 0.3) is 0 Å². The molecule has 0 unspecified atom stereocenters. The van der Waals surface area contributed by atoms with E-state index in [0.717, 1.165) is 49.3 Å². The summed E-state index contributed by atoms with van der Waals surface area (Å²) in [5.74, 6) is 1.18. The van der Waals surface area contributed by atoms with Gasteiger partial charge in [0.25, 0.3) is 0 Å². The van der Waals surface area contributed by atoms with Gasteiger partial charge in [0.1, 0.15) is 0 Å². The lowest BCUT2D eigenvalue weighted by molar-refractivity contribution is -0.141. The first-order valence-electron chi connectivity index (χ1n) is 10.1. The second-order valence-corrected chi connectivity index (χ2v) is 8.43. The van der Waals surface area contributed by atoms with Crippen molar-refractivity contribution in [3.8, 4) is 0 Å². The van der Waals surface area contributed by atoms with Crippen molar-refractivity contribution in [1.82, 2.24) is 20.0 Å². The zero-order valence-electron chi connectivity index (χ0n) is 16.0. The molecule has 6 nitrogen and oxygen atoms in total. The molecule has 4 heterocycles. The number of aromatic nitrogens is 2. The van der Waals surface area contributed by atoms with E-state index in [1.54, 1.807) is 0 Å². The summed E-state index contributed by atoms with van der Waals surface area (Å²) < 4.78 is 0. The van der Waals surface area contributed by atoms with Gasteiger partial charge >= 0.3 is 0 Å². The number of aromatic amines is 1. The Balaban J connectivity index is 1.40. The molecule has 26 heavy (non-hydrogen) atoms. The lowest BCUT2D eigenvalue weighted by Gasteiger charge is -2.40. The van der Waals surface area contributed by atoms with E-state index in [1.807, 2.05) is 18.7 Å². The van der Waals surface area contributed by atoms with Gasteiger partial charge in [0.05, 0.1) is 11.6 Å². The Morgan fingerprint density at radius 3 is 2.65 bits per heavy atom. The quantitative estimate of drug-likeness (QED) is 0.877. The van der Waals surface area contributed by atoms with Crippen LogP contribution in [0.3, 0.4) is 0 Å². The van der Waals surface area contributed by atoms with E-state index in [1.165, 1.54) is 19.3 Å². The van der Waals surface area contributed by atoms with Gasteiger partial charge in [0, 0.05) is 37.8 Å². The van der Waals surface area contributed by atoms with Crippen molar-refractivity contribution in [2.45, 2.75) is 64.8 Å². The average Bonchev–Trinajstić information content (AvgIpc) is 2.76. The maximum atomic E-state index is 12.9. The minimum absolute atomic E-state index is 0.00942. The minimum atomic E-state index is 0.00942. The van der Waals surface area contributed by atoms with E-state index >= 15 is 0 Å². The predicted molar refractivity (Wildman–Crippen MR) is 98.5 cm³/mol. The molecule has 5 rings (SSSR count). The van der Waals surface area contributed by atoms with Gasteiger partial charge < -0.3 is 9.80 Å². The number of aryl methyl sites for hydroxylation is 2. The first kappa shape index (κ1) is 17.6. The van der Waals surface area contributed by atoms with Gasteiger partial charge in [0.15, 0.2) is 0 Å². The number of nitrogens with zero attached hydrogens (tertiary/aromatic N) is 3. The molecule has 3 aliphatic heterocycles. The third-order valence-electron chi connectivity index (χ3n) is 6.70. The molecule has 0 spiro atoms. The first-order valence-corrected chi connectivity index (χ1v) is 10.1. The second-order valence-electron chi connectivity index (χ2n) is 8.43. The van der Waals surface area contributed by atoms with Crippen LogP contribution in [-0.4, -0.2) is 57.5 Å². The van der Waals surface area contributed by atoms with Crippen molar-refractivity contribution in [2.75, 3.05) is 19.6 Å².